The number of carbonyl (C=O) groups is 1. The second kappa shape index (κ2) is 10.5. The molecule has 0 unspecified atom stereocenters. The van der Waals surface area contributed by atoms with Gasteiger partial charge in [0.2, 0.25) is 5.91 Å². The van der Waals surface area contributed by atoms with Gasteiger partial charge in [-0.1, -0.05) is 24.3 Å². The number of carbonyl (C=O) groups excluding carboxylic acids is 1. The molecule has 1 aliphatic heterocycles. The molecule has 160 valence electrons. The molecule has 0 radical (unpaired) electrons. The molecule has 7 heteroatoms. The Kier molecular flexibility index (Phi) is 7.54. The van der Waals surface area contributed by atoms with Crippen molar-refractivity contribution >= 4 is 17.6 Å². The molecular weight excluding hydrogens is 380 g/mol. The van der Waals surface area contributed by atoms with Crippen molar-refractivity contribution in [2.75, 3.05) is 32.6 Å². The van der Waals surface area contributed by atoms with Crippen molar-refractivity contribution in [1.29, 1.82) is 0 Å². The quantitative estimate of drug-likeness (QED) is 0.515. The van der Waals surface area contributed by atoms with Crippen LogP contribution in [0.25, 0.3) is 0 Å². The van der Waals surface area contributed by atoms with Crippen LogP contribution in [0.1, 0.15) is 30.9 Å². The number of anilines is 1. The lowest BCUT2D eigenvalue weighted by Gasteiger charge is -2.16. The first-order valence-corrected chi connectivity index (χ1v) is 10.3. The maximum Gasteiger partial charge on any atom is 0.222 e. The molecule has 1 fully saturated rings. The van der Waals surface area contributed by atoms with Gasteiger partial charge in [0.25, 0.3) is 0 Å². The zero-order valence-electron chi connectivity index (χ0n) is 17.9. The van der Waals surface area contributed by atoms with Crippen molar-refractivity contribution in [3.63, 3.8) is 0 Å². The predicted molar refractivity (Wildman–Crippen MR) is 119 cm³/mol. The topological polar surface area (TPSA) is 75.2 Å². The van der Waals surface area contributed by atoms with Gasteiger partial charge in [-0.25, -0.2) is 0 Å². The van der Waals surface area contributed by atoms with Crippen molar-refractivity contribution in [3.05, 3.63) is 53.6 Å². The largest absolute Gasteiger partial charge is 0.493 e. The Morgan fingerprint density at radius 3 is 2.53 bits per heavy atom. The molecule has 0 spiro atoms. The summed E-state index contributed by atoms with van der Waals surface area (Å²) in [6.07, 6.45) is 1.64. The first-order chi connectivity index (χ1) is 14.6. The van der Waals surface area contributed by atoms with Crippen LogP contribution in [0.15, 0.2) is 47.5 Å². The number of methoxy groups -OCH3 is 1. The number of aliphatic imine (C=N–C) groups is 1. The summed E-state index contributed by atoms with van der Waals surface area (Å²) in [4.78, 5) is 18.0. The summed E-state index contributed by atoms with van der Waals surface area (Å²) in [5.74, 6) is 2.30. The second-order valence-corrected chi connectivity index (χ2v) is 7.08. The SMILES string of the molecule is CCOc1cc(NC(=NC)NCc2ccc(CN3CCCC3=O)cc2)ccc1OC. The van der Waals surface area contributed by atoms with E-state index in [0.29, 0.717) is 43.6 Å². The maximum atomic E-state index is 11.8. The third-order valence-corrected chi connectivity index (χ3v) is 4.98. The van der Waals surface area contributed by atoms with Crippen LogP contribution in [-0.4, -0.2) is 44.1 Å². The average Bonchev–Trinajstić information content (AvgIpc) is 3.17. The molecular formula is C23H30N4O3. The maximum absolute atomic E-state index is 11.8. The normalized spacial score (nSPS) is 14.0. The van der Waals surface area contributed by atoms with Crippen LogP contribution in [0, 0.1) is 0 Å². The highest BCUT2D eigenvalue weighted by Gasteiger charge is 2.19. The monoisotopic (exact) mass is 410 g/mol. The van der Waals surface area contributed by atoms with Crippen LogP contribution in [0.4, 0.5) is 5.69 Å². The molecule has 0 saturated carbocycles. The van der Waals surface area contributed by atoms with E-state index in [1.54, 1.807) is 14.2 Å². The number of guanidine groups is 1. The lowest BCUT2D eigenvalue weighted by Crippen LogP contribution is -2.30. The zero-order chi connectivity index (χ0) is 21.3. The summed E-state index contributed by atoms with van der Waals surface area (Å²) < 4.78 is 11.0. The fourth-order valence-electron chi connectivity index (χ4n) is 3.38. The fraction of sp³-hybridized carbons (Fsp3) is 0.391. The minimum Gasteiger partial charge on any atom is -0.493 e. The molecule has 3 rings (SSSR count). The van der Waals surface area contributed by atoms with Crippen LogP contribution in [0.2, 0.25) is 0 Å². The Bertz CT molecular complexity index is 881. The number of hydrogen-bond donors (Lipinski definition) is 2. The molecule has 1 aliphatic rings. The van der Waals surface area contributed by atoms with Crippen LogP contribution in [-0.2, 0) is 17.9 Å². The number of likely N-dealkylation sites (tertiary alicyclic amines) is 1. The number of nitrogens with zero attached hydrogens (tertiary/aromatic N) is 2. The summed E-state index contributed by atoms with van der Waals surface area (Å²) in [6.45, 7) is 4.69. The van der Waals surface area contributed by atoms with E-state index in [1.165, 1.54) is 0 Å². The number of rotatable bonds is 8. The van der Waals surface area contributed by atoms with Crippen molar-refractivity contribution in [2.24, 2.45) is 4.99 Å². The molecule has 1 heterocycles. The van der Waals surface area contributed by atoms with Crippen molar-refractivity contribution < 1.29 is 14.3 Å². The second-order valence-electron chi connectivity index (χ2n) is 7.08. The molecule has 30 heavy (non-hydrogen) atoms. The van der Waals surface area contributed by atoms with Gasteiger partial charge in [0, 0.05) is 44.9 Å². The molecule has 2 N–H and O–H groups in total. The van der Waals surface area contributed by atoms with E-state index in [-0.39, 0.29) is 5.91 Å². The summed E-state index contributed by atoms with van der Waals surface area (Å²) in [6, 6.07) is 14.0. The molecule has 0 aliphatic carbocycles. The summed E-state index contributed by atoms with van der Waals surface area (Å²) in [7, 11) is 3.36. The summed E-state index contributed by atoms with van der Waals surface area (Å²) in [5, 5.41) is 6.59. The highest BCUT2D eigenvalue weighted by Crippen LogP contribution is 2.30. The molecule has 7 nitrogen and oxygen atoms in total. The number of amides is 1. The molecule has 1 amide bonds. The third kappa shape index (κ3) is 5.65. The van der Waals surface area contributed by atoms with Crippen LogP contribution in [0.3, 0.4) is 0 Å². The molecule has 1 saturated heterocycles. The van der Waals surface area contributed by atoms with E-state index in [0.717, 1.165) is 29.8 Å². The Morgan fingerprint density at radius 1 is 1.13 bits per heavy atom. The van der Waals surface area contributed by atoms with Crippen LogP contribution in [0.5, 0.6) is 11.5 Å². The molecule has 2 aromatic rings. The summed E-state index contributed by atoms with van der Waals surface area (Å²) in [5.41, 5.74) is 3.15. The minimum absolute atomic E-state index is 0.252. The Labute approximate surface area is 178 Å². The molecule has 0 bridgehead atoms. The number of nitrogens with one attached hydrogen (secondary N) is 2. The Balaban J connectivity index is 1.55. The van der Waals surface area contributed by atoms with Gasteiger partial charge in [-0.3, -0.25) is 9.79 Å². The summed E-state index contributed by atoms with van der Waals surface area (Å²) >= 11 is 0. The first kappa shape index (κ1) is 21.5. The predicted octanol–water partition coefficient (Wildman–Crippen LogP) is 3.40. The molecule has 2 aromatic carbocycles. The van der Waals surface area contributed by atoms with Crippen molar-refractivity contribution in [3.8, 4) is 11.5 Å². The van der Waals surface area contributed by atoms with Crippen molar-refractivity contribution in [2.45, 2.75) is 32.9 Å². The van der Waals surface area contributed by atoms with E-state index in [4.69, 9.17) is 9.47 Å². The van der Waals surface area contributed by atoms with Crippen molar-refractivity contribution in [1.82, 2.24) is 10.2 Å². The van der Waals surface area contributed by atoms with Gasteiger partial charge in [-0.2, -0.15) is 0 Å². The molecule has 0 aromatic heterocycles. The lowest BCUT2D eigenvalue weighted by atomic mass is 10.1. The van der Waals surface area contributed by atoms with Crippen LogP contribution >= 0.6 is 0 Å². The van der Waals surface area contributed by atoms with Crippen LogP contribution < -0.4 is 20.1 Å². The fourth-order valence-corrected chi connectivity index (χ4v) is 3.38. The smallest absolute Gasteiger partial charge is 0.222 e. The van der Waals surface area contributed by atoms with Gasteiger partial charge in [0.1, 0.15) is 0 Å². The number of ether oxygens (including phenoxy) is 2. The highest BCUT2D eigenvalue weighted by atomic mass is 16.5. The van der Waals surface area contributed by atoms with E-state index >= 15 is 0 Å². The van der Waals surface area contributed by atoms with E-state index in [1.807, 2.05) is 30.0 Å². The third-order valence-electron chi connectivity index (χ3n) is 4.98. The lowest BCUT2D eigenvalue weighted by molar-refractivity contribution is -0.128. The van der Waals surface area contributed by atoms with Gasteiger partial charge in [0.05, 0.1) is 13.7 Å². The minimum atomic E-state index is 0.252. The molecule has 0 atom stereocenters. The Morgan fingerprint density at radius 2 is 1.90 bits per heavy atom. The van der Waals surface area contributed by atoms with E-state index in [9.17, 15) is 4.79 Å². The van der Waals surface area contributed by atoms with E-state index < -0.39 is 0 Å². The first-order valence-electron chi connectivity index (χ1n) is 10.3. The van der Waals surface area contributed by atoms with Gasteiger partial charge in [0.15, 0.2) is 17.5 Å². The zero-order valence-corrected chi connectivity index (χ0v) is 17.9. The van der Waals surface area contributed by atoms with Gasteiger partial charge >= 0.3 is 0 Å². The van der Waals surface area contributed by atoms with Gasteiger partial charge in [-0.05, 0) is 36.6 Å². The Hall–Kier alpha value is -3.22. The highest BCUT2D eigenvalue weighted by molar-refractivity contribution is 5.93. The average molecular weight is 411 g/mol. The number of benzene rings is 2. The van der Waals surface area contributed by atoms with Gasteiger partial charge in [-0.15, -0.1) is 0 Å². The standard InChI is InChI=1S/C23H30N4O3/c1-4-30-21-14-19(11-12-20(21)29-3)26-23(24-2)25-15-17-7-9-18(10-8-17)16-27-13-5-6-22(27)28/h7-12,14H,4-6,13,15-16H2,1-3H3,(H2,24,25,26). The van der Waals surface area contributed by atoms with Gasteiger partial charge < -0.3 is 25.0 Å². The van der Waals surface area contributed by atoms with E-state index in [2.05, 4.69) is 39.9 Å². The number of hydrogen-bond acceptors (Lipinski definition) is 4.